The van der Waals surface area contributed by atoms with Gasteiger partial charge in [-0.2, -0.15) is 0 Å². The van der Waals surface area contributed by atoms with Gasteiger partial charge in [-0.25, -0.2) is 9.37 Å². The monoisotopic (exact) mass is 387 g/mol. The maximum absolute atomic E-state index is 15.1. The lowest BCUT2D eigenvalue weighted by Gasteiger charge is -2.37. The SMILES string of the molecule is CNC(=O)COC(=O)CCCC1(F)CCN(c2ccc3ccccc3n2)CC1. The Morgan fingerprint density at radius 2 is 1.96 bits per heavy atom. The minimum Gasteiger partial charge on any atom is -0.456 e. The summed E-state index contributed by atoms with van der Waals surface area (Å²) in [4.78, 5) is 29.5. The highest BCUT2D eigenvalue weighted by molar-refractivity contribution is 5.80. The first kappa shape index (κ1) is 20.0. The summed E-state index contributed by atoms with van der Waals surface area (Å²) < 4.78 is 19.9. The van der Waals surface area contributed by atoms with Gasteiger partial charge in [0.25, 0.3) is 5.91 Å². The molecule has 0 atom stereocenters. The molecule has 7 heteroatoms. The van der Waals surface area contributed by atoms with Crippen LogP contribution in [0, 0.1) is 0 Å². The average Bonchev–Trinajstić information content (AvgIpc) is 2.72. The van der Waals surface area contributed by atoms with Gasteiger partial charge >= 0.3 is 5.97 Å². The fourth-order valence-corrected chi connectivity index (χ4v) is 3.46. The van der Waals surface area contributed by atoms with Crippen LogP contribution in [0.25, 0.3) is 10.9 Å². The van der Waals surface area contributed by atoms with E-state index in [1.807, 2.05) is 36.4 Å². The van der Waals surface area contributed by atoms with Crippen LogP contribution >= 0.6 is 0 Å². The normalized spacial score (nSPS) is 16.0. The molecular weight excluding hydrogens is 361 g/mol. The second-order valence-corrected chi connectivity index (χ2v) is 7.19. The average molecular weight is 387 g/mol. The van der Waals surface area contributed by atoms with Gasteiger partial charge in [-0.1, -0.05) is 18.2 Å². The number of nitrogens with one attached hydrogen (secondary N) is 1. The molecule has 1 fully saturated rings. The molecule has 0 bridgehead atoms. The standard InChI is InChI=1S/C21H26FN3O3/c1-23-19(26)15-28-20(27)7-4-10-21(22)11-13-25(14-12-21)18-9-8-16-5-2-3-6-17(16)24-18/h2-3,5-6,8-9H,4,7,10-15H2,1H3,(H,23,26). The number of nitrogens with zero attached hydrogens (tertiary/aromatic N) is 2. The van der Waals surface area contributed by atoms with Crippen LogP contribution in [0.3, 0.4) is 0 Å². The summed E-state index contributed by atoms with van der Waals surface area (Å²) in [5.41, 5.74) is -0.332. The molecule has 1 aromatic heterocycles. The van der Waals surface area contributed by atoms with Gasteiger partial charge < -0.3 is 15.0 Å². The summed E-state index contributed by atoms with van der Waals surface area (Å²) in [5.74, 6) is 0.0495. The number of aromatic nitrogens is 1. The van der Waals surface area contributed by atoms with Crippen molar-refractivity contribution in [2.45, 2.75) is 37.8 Å². The van der Waals surface area contributed by atoms with Gasteiger partial charge in [0.15, 0.2) is 6.61 Å². The van der Waals surface area contributed by atoms with Crippen molar-refractivity contribution in [2.24, 2.45) is 0 Å². The number of pyridine rings is 1. The number of alkyl halides is 1. The molecule has 0 spiro atoms. The zero-order valence-electron chi connectivity index (χ0n) is 16.1. The van der Waals surface area contributed by atoms with Crippen molar-refractivity contribution in [1.82, 2.24) is 10.3 Å². The smallest absolute Gasteiger partial charge is 0.306 e. The predicted octanol–water partition coefficient (Wildman–Crippen LogP) is 3.00. The van der Waals surface area contributed by atoms with Crippen molar-refractivity contribution in [2.75, 3.05) is 31.6 Å². The van der Waals surface area contributed by atoms with Crippen LogP contribution in [0.1, 0.15) is 32.1 Å². The van der Waals surface area contributed by atoms with E-state index in [4.69, 9.17) is 4.74 Å². The quantitative estimate of drug-likeness (QED) is 0.740. The number of halogens is 1. The van der Waals surface area contributed by atoms with E-state index in [1.54, 1.807) is 0 Å². The predicted molar refractivity (Wildman–Crippen MR) is 106 cm³/mol. The third-order valence-electron chi connectivity index (χ3n) is 5.22. The topological polar surface area (TPSA) is 71.5 Å². The molecule has 0 unspecified atom stereocenters. The number of carbonyl (C=O) groups excluding carboxylic acids is 2. The molecule has 6 nitrogen and oxygen atoms in total. The van der Waals surface area contributed by atoms with Gasteiger partial charge in [0.05, 0.1) is 5.52 Å². The Morgan fingerprint density at radius 1 is 1.21 bits per heavy atom. The Balaban J connectivity index is 1.45. The maximum atomic E-state index is 15.1. The fraction of sp³-hybridized carbons (Fsp3) is 0.476. The van der Waals surface area contributed by atoms with E-state index in [-0.39, 0.29) is 18.9 Å². The molecule has 28 heavy (non-hydrogen) atoms. The molecule has 1 aliphatic heterocycles. The second kappa shape index (κ2) is 8.99. The van der Waals surface area contributed by atoms with E-state index >= 15 is 4.39 Å². The van der Waals surface area contributed by atoms with E-state index in [0.29, 0.717) is 38.8 Å². The van der Waals surface area contributed by atoms with Crippen molar-refractivity contribution >= 4 is 28.6 Å². The van der Waals surface area contributed by atoms with Crippen molar-refractivity contribution in [3.8, 4) is 0 Å². The Morgan fingerprint density at radius 3 is 2.71 bits per heavy atom. The van der Waals surface area contributed by atoms with Crippen molar-refractivity contribution < 1.29 is 18.7 Å². The number of carbonyl (C=O) groups is 2. The van der Waals surface area contributed by atoms with Crippen molar-refractivity contribution in [1.29, 1.82) is 0 Å². The van der Waals surface area contributed by atoms with Crippen LogP contribution in [0.4, 0.5) is 10.2 Å². The third kappa shape index (κ3) is 5.18. The Bertz CT molecular complexity index is 835. The molecule has 0 saturated carbocycles. The van der Waals surface area contributed by atoms with Gasteiger partial charge in [-0.05, 0) is 43.9 Å². The number of rotatable bonds is 7. The summed E-state index contributed by atoms with van der Waals surface area (Å²) >= 11 is 0. The molecule has 1 amide bonds. The number of benzene rings is 1. The minimum atomic E-state index is -1.27. The van der Waals surface area contributed by atoms with Crippen LogP contribution in [0.2, 0.25) is 0 Å². The molecule has 2 aromatic rings. The molecule has 0 radical (unpaired) electrons. The number of hydrogen-bond donors (Lipinski definition) is 1. The number of fused-ring (bicyclic) bond motifs is 1. The van der Waals surface area contributed by atoms with Crippen LogP contribution in [-0.2, 0) is 14.3 Å². The number of hydrogen-bond acceptors (Lipinski definition) is 5. The molecule has 1 N–H and O–H groups in total. The molecule has 1 saturated heterocycles. The first-order chi connectivity index (χ1) is 13.5. The van der Waals surface area contributed by atoms with E-state index in [2.05, 4.69) is 15.2 Å². The summed E-state index contributed by atoms with van der Waals surface area (Å²) in [7, 11) is 1.48. The highest BCUT2D eigenvalue weighted by atomic mass is 19.1. The van der Waals surface area contributed by atoms with Crippen molar-refractivity contribution in [3.05, 3.63) is 36.4 Å². The molecular formula is C21H26FN3O3. The molecule has 3 rings (SSSR count). The van der Waals surface area contributed by atoms with E-state index in [1.165, 1.54) is 7.05 Å². The van der Waals surface area contributed by atoms with Gasteiger partial charge in [0.2, 0.25) is 0 Å². The lowest BCUT2D eigenvalue weighted by molar-refractivity contribution is -0.148. The van der Waals surface area contributed by atoms with Crippen LogP contribution in [-0.4, -0.2) is 49.3 Å². The lowest BCUT2D eigenvalue weighted by atomic mass is 9.88. The van der Waals surface area contributed by atoms with Gasteiger partial charge in [0.1, 0.15) is 11.5 Å². The summed E-state index contributed by atoms with van der Waals surface area (Å²) in [5, 5.41) is 3.46. The van der Waals surface area contributed by atoms with Gasteiger partial charge in [-0.15, -0.1) is 0 Å². The molecule has 0 aliphatic carbocycles. The molecule has 2 heterocycles. The molecule has 1 aromatic carbocycles. The first-order valence-electron chi connectivity index (χ1n) is 9.65. The number of piperidine rings is 1. The lowest BCUT2D eigenvalue weighted by Crippen LogP contribution is -2.42. The number of para-hydroxylation sites is 1. The minimum absolute atomic E-state index is 0.124. The largest absolute Gasteiger partial charge is 0.456 e. The zero-order chi connectivity index (χ0) is 20.0. The third-order valence-corrected chi connectivity index (χ3v) is 5.22. The van der Waals surface area contributed by atoms with Crippen LogP contribution in [0.15, 0.2) is 36.4 Å². The number of likely N-dealkylation sites (N-methyl/N-ethyl adjacent to an activating group) is 1. The number of ether oxygens (including phenoxy) is 1. The van der Waals surface area contributed by atoms with E-state index in [9.17, 15) is 9.59 Å². The maximum Gasteiger partial charge on any atom is 0.306 e. The Hall–Kier alpha value is -2.70. The summed E-state index contributed by atoms with van der Waals surface area (Å²) in [6.45, 7) is 0.912. The highest BCUT2D eigenvalue weighted by Gasteiger charge is 2.34. The number of esters is 1. The Labute approximate surface area is 164 Å². The fourth-order valence-electron chi connectivity index (χ4n) is 3.46. The van der Waals surface area contributed by atoms with E-state index < -0.39 is 11.6 Å². The van der Waals surface area contributed by atoms with Crippen LogP contribution < -0.4 is 10.2 Å². The number of amides is 1. The number of anilines is 1. The van der Waals surface area contributed by atoms with Gasteiger partial charge in [-0.3, -0.25) is 9.59 Å². The summed E-state index contributed by atoms with van der Waals surface area (Å²) in [6, 6.07) is 12.0. The summed E-state index contributed by atoms with van der Waals surface area (Å²) in [6.07, 6.45) is 1.68. The Kier molecular flexibility index (Phi) is 6.44. The van der Waals surface area contributed by atoms with Crippen molar-refractivity contribution in [3.63, 3.8) is 0 Å². The highest BCUT2D eigenvalue weighted by Crippen LogP contribution is 2.33. The van der Waals surface area contributed by atoms with E-state index in [0.717, 1.165) is 16.7 Å². The van der Waals surface area contributed by atoms with Gasteiger partial charge in [0, 0.05) is 31.9 Å². The van der Waals surface area contributed by atoms with Crippen LogP contribution in [0.5, 0.6) is 0 Å². The first-order valence-corrected chi connectivity index (χ1v) is 9.65. The zero-order valence-corrected chi connectivity index (χ0v) is 16.1. The molecule has 150 valence electrons. The second-order valence-electron chi connectivity index (χ2n) is 7.19. The molecule has 1 aliphatic rings.